The molecule has 1 fully saturated rings. The van der Waals surface area contributed by atoms with Gasteiger partial charge in [0, 0.05) is 16.7 Å². The molecule has 1 saturated heterocycles. The molecule has 0 bridgehead atoms. The van der Waals surface area contributed by atoms with Crippen molar-refractivity contribution in [2.24, 2.45) is 0 Å². The van der Waals surface area contributed by atoms with Crippen LogP contribution in [0.2, 0.25) is 0 Å². The monoisotopic (exact) mass is 472 g/mol. The largest absolute Gasteiger partial charge is 0.280 e. The van der Waals surface area contributed by atoms with Crippen LogP contribution in [0.15, 0.2) is 45.8 Å². The molecule has 0 unspecified atom stereocenters. The first kappa shape index (κ1) is 20.2. The van der Waals surface area contributed by atoms with Crippen LogP contribution >= 0.6 is 15.9 Å². The van der Waals surface area contributed by atoms with E-state index in [1.54, 1.807) is 37.3 Å². The maximum atomic E-state index is 12.8. The van der Waals surface area contributed by atoms with Crippen molar-refractivity contribution in [1.82, 2.24) is 0 Å². The van der Waals surface area contributed by atoms with E-state index in [9.17, 15) is 16.8 Å². The van der Waals surface area contributed by atoms with Crippen molar-refractivity contribution in [2.45, 2.75) is 31.6 Å². The zero-order chi connectivity index (χ0) is 19.8. The van der Waals surface area contributed by atoms with Crippen molar-refractivity contribution in [2.75, 3.05) is 21.3 Å². The van der Waals surface area contributed by atoms with Gasteiger partial charge in [0.1, 0.15) is 0 Å². The number of hydrogen-bond acceptors (Lipinski definition) is 4. The molecule has 0 aromatic heterocycles. The van der Waals surface area contributed by atoms with Crippen LogP contribution in [0.1, 0.15) is 24.0 Å². The Morgan fingerprint density at radius 2 is 1.78 bits per heavy atom. The van der Waals surface area contributed by atoms with Crippen molar-refractivity contribution in [3.8, 4) is 0 Å². The van der Waals surface area contributed by atoms with Crippen LogP contribution in [-0.2, 0) is 20.0 Å². The minimum absolute atomic E-state index is 0.122. The van der Waals surface area contributed by atoms with E-state index in [1.165, 1.54) is 10.4 Å². The van der Waals surface area contributed by atoms with Crippen LogP contribution < -0.4 is 9.03 Å². The summed E-state index contributed by atoms with van der Waals surface area (Å²) >= 11 is 3.39. The quantitative estimate of drug-likeness (QED) is 0.733. The number of rotatable bonds is 4. The third-order valence-corrected chi connectivity index (χ3v) is 8.80. The number of hydrogen-bond donors (Lipinski definition) is 1. The van der Waals surface area contributed by atoms with E-state index >= 15 is 0 Å². The predicted molar refractivity (Wildman–Crippen MR) is 111 cm³/mol. The molecule has 0 amide bonds. The van der Waals surface area contributed by atoms with Gasteiger partial charge in [0.15, 0.2) is 0 Å². The molecule has 1 heterocycles. The molecule has 9 heteroatoms. The van der Waals surface area contributed by atoms with Gasteiger partial charge in [-0.15, -0.1) is 0 Å². The lowest BCUT2D eigenvalue weighted by molar-refractivity contribution is 0.574. The number of nitrogens with zero attached hydrogens (tertiary/aromatic N) is 1. The Morgan fingerprint density at radius 1 is 1.04 bits per heavy atom. The molecule has 0 radical (unpaired) electrons. The minimum atomic E-state index is -3.78. The number of sulfonamides is 2. The summed E-state index contributed by atoms with van der Waals surface area (Å²) in [4.78, 5) is 0.126. The molecule has 2 aromatic carbocycles. The molecule has 6 nitrogen and oxygen atoms in total. The zero-order valence-corrected chi connectivity index (χ0v) is 18.3. The minimum Gasteiger partial charge on any atom is -0.280 e. The molecule has 1 aliphatic rings. The lowest BCUT2D eigenvalue weighted by Gasteiger charge is -2.28. The molecule has 3 rings (SSSR count). The second-order valence-electron chi connectivity index (χ2n) is 6.61. The van der Waals surface area contributed by atoms with E-state index in [0.717, 1.165) is 16.5 Å². The molecule has 27 heavy (non-hydrogen) atoms. The van der Waals surface area contributed by atoms with Crippen molar-refractivity contribution in [1.29, 1.82) is 0 Å². The van der Waals surface area contributed by atoms with Crippen LogP contribution in [0.5, 0.6) is 0 Å². The molecule has 2 aromatic rings. The first-order chi connectivity index (χ1) is 12.6. The second kappa shape index (κ2) is 7.44. The standard InChI is InChI=1S/C18H21BrN2O4S2/c1-13-11-15(5-7-17(13)19)20-27(24,25)18-8-6-16(12-14(18)2)21-9-3-4-10-26(21,22)23/h5-8,11-12,20H,3-4,9-10H2,1-2H3. The third-order valence-electron chi connectivity index (χ3n) is 4.50. The molecule has 1 aliphatic heterocycles. The zero-order valence-electron chi connectivity index (χ0n) is 15.1. The van der Waals surface area contributed by atoms with E-state index in [1.807, 2.05) is 6.92 Å². The van der Waals surface area contributed by atoms with Gasteiger partial charge >= 0.3 is 0 Å². The highest BCUT2D eigenvalue weighted by Crippen LogP contribution is 2.29. The van der Waals surface area contributed by atoms with Gasteiger partial charge in [-0.25, -0.2) is 16.8 Å². The summed E-state index contributed by atoms with van der Waals surface area (Å²) in [5.74, 6) is 0.122. The summed E-state index contributed by atoms with van der Waals surface area (Å²) in [6.07, 6.45) is 1.45. The summed E-state index contributed by atoms with van der Waals surface area (Å²) in [6, 6.07) is 9.83. The first-order valence-electron chi connectivity index (χ1n) is 8.50. The fraction of sp³-hybridized carbons (Fsp3) is 0.333. The summed E-state index contributed by atoms with van der Waals surface area (Å²) < 4.78 is 54.9. The molecule has 0 aliphatic carbocycles. The summed E-state index contributed by atoms with van der Waals surface area (Å²) in [5.41, 5.74) is 2.38. The smallest absolute Gasteiger partial charge is 0.262 e. The number of nitrogens with one attached hydrogen (secondary N) is 1. The number of anilines is 2. The van der Waals surface area contributed by atoms with E-state index in [4.69, 9.17) is 0 Å². The average Bonchev–Trinajstić information content (AvgIpc) is 2.57. The highest BCUT2D eigenvalue weighted by atomic mass is 79.9. The molecular weight excluding hydrogens is 452 g/mol. The number of benzene rings is 2. The van der Waals surface area contributed by atoms with E-state index < -0.39 is 20.0 Å². The Bertz CT molecular complexity index is 1080. The highest BCUT2D eigenvalue weighted by molar-refractivity contribution is 9.10. The Morgan fingerprint density at radius 3 is 2.41 bits per heavy atom. The van der Waals surface area contributed by atoms with Crippen molar-refractivity contribution in [3.63, 3.8) is 0 Å². The van der Waals surface area contributed by atoms with Crippen LogP contribution in [0.4, 0.5) is 11.4 Å². The van der Waals surface area contributed by atoms with Gasteiger partial charge in [-0.2, -0.15) is 0 Å². The average molecular weight is 473 g/mol. The van der Waals surface area contributed by atoms with Gasteiger partial charge in [0.25, 0.3) is 10.0 Å². The molecule has 0 saturated carbocycles. The van der Waals surface area contributed by atoms with Gasteiger partial charge in [0.2, 0.25) is 10.0 Å². The fourth-order valence-electron chi connectivity index (χ4n) is 3.09. The van der Waals surface area contributed by atoms with Crippen molar-refractivity contribution < 1.29 is 16.8 Å². The van der Waals surface area contributed by atoms with Crippen molar-refractivity contribution in [3.05, 3.63) is 52.0 Å². The highest BCUT2D eigenvalue weighted by Gasteiger charge is 2.27. The normalized spacial score (nSPS) is 16.9. The van der Waals surface area contributed by atoms with Crippen LogP contribution in [0, 0.1) is 13.8 Å². The van der Waals surface area contributed by atoms with E-state index in [0.29, 0.717) is 29.9 Å². The predicted octanol–water partition coefficient (Wildman–Crippen LogP) is 3.80. The summed E-state index contributed by atoms with van der Waals surface area (Å²) in [5, 5.41) is 0. The SMILES string of the molecule is Cc1cc(NS(=O)(=O)c2ccc(N3CCCCS3(=O)=O)cc2C)ccc1Br. The topological polar surface area (TPSA) is 83.6 Å². The second-order valence-corrected chi connectivity index (χ2v) is 11.1. The molecule has 146 valence electrons. The summed E-state index contributed by atoms with van der Waals surface area (Å²) in [6.45, 7) is 3.97. The third kappa shape index (κ3) is 4.30. The number of halogens is 1. The number of aryl methyl sites for hydroxylation is 2. The van der Waals surface area contributed by atoms with E-state index in [2.05, 4.69) is 20.7 Å². The van der Waals surface area contributed by atoms with E-state index in [-0.39, 0.29) is 10.6 Å². The lowest BCUT2D eigenvalue weighted by atomic mass is 10.2. The van der Waals surface area contributed by atoms with Gasteiger partial charge in [-0.05, 0) is 74.2 Å². The van der Waals surface area contributed by atoms with Crippen LogP contribution in [-0.4, -0.2) is 29.1 Å². The van der Waals surface area contributed by atoms with Gasteiger partial charge < -0.3 is 0 Å². The van der Waals surface area contributed by atoms with Gasteiger partial charge in [-0.1, -0.05) is 15.9 Å². The molecule has 1 N–H and O–H groups in total. The van der Waals surface area contributed by atoms with Gasteiger partial charge in [-0.3, -0.25) is 9.03 Å². The molecular formula is C18H21BrN2O4S2. The Labute approximate surface area is 168 Å². The van der Waals surface area contributed by atoms with Crippen LogP contribution in [0.25, 0.3) is 0 Å². The maximum Gasteiger partial charge on any atom is 0.262 e. The Balaban J connectivity index is 1.91. The Kier molecular flexibility index (Phi) is 5.56. The molecule has 0 spiro atoms. The fourth-order valence-corrected chi connectivity index (χ4v) is 6.24. The maximum absolute atomic E-state index is 12.8. The van der Waals surface area contributed by atoms with Crippen molar-refractivity contribution >= 4 is 47.4 Å². The summed E-state index contributed by atoms with van der Waals surface area (Å²) in [7, 11) is -7.12. The Hall–Kier alpha value is -1.58. The molecule has 0 atom stereocenters. The van der Waals surface area contributed by atoms with Gasteiger partial charge in [0.05, 0.1) is 16.3 Å². The first-order valence-corrected chi connectivity index (χ1v) is 12.4. The lowest BCUT2D eigenvalue weighted by Crippen LogP contribution is -2.37. The van der Waals surface area contributed by atoms with Crippen LogP contribution in [0.3, 0.4) is 0 Å².